The van der Waals surface area contributed by atoms with Gasteiger partial charge < -0.3 is 10.1 Å². The van der Waals surface area contributed by atoms with Crippen LogP contribution in [0.3, 0.4) is 0 Å². The lowest BCUT2D eigenvalue weighted by molar-refractivity contribution is -0.130. The molecule has 4 rings (SSSR count). The van der Waals surface area contributed by atoms with E-state index < -0.39 is 12.1 Å². The molecule has 1 aliphatic rings. The molecule has 1 aliphatic carbocycles. The Morgan fingerprint density at radius 1 is 1.26 bits per heavy atom. The summed E-state index contributed by atoms with van der Waals surface area (Å²) in [6.07, 6.45) is 2.10. The second kappa shape index (κ2) is 7.48. The molecule has 0 saturated carbocycles. The Morgan fingerprint density at radius 3 is 3.00 bits per heavy atom. The molecule has 0 unspecified atom stereocenters. The molecule has 0 bridgehead atoms. The fraction of sp³-hybridized carbons (Fsp3) is 0.286. The normalized spacial score (nSPS) is 17.1. The Hall–Kier alpha value is -2.73. The molecule has 0 aliphatic heterocycles. The summed E-state index contributed by atoms with van der Waals surface area (Å²) in [5.74, 6) is -0.777. The number of hydrogen-bond donors (Lipinski definition) is 1. The molecule has 2 atom stereocenters. The first-order valence-corrected chi connectivity index (χ1v) is 9.92. The zero-order valence-corrected chi connectivity index (χ0v) is 15.8. The number of nitrogens with zero attached hydrogens (tertiary/aromatic N) is 1. The van der Waals surface area contributed by atoms with E-state index in [1.807, 2.05) is 12.1 Å². The van der Waals surface area contributed by atoms with Crippen molar-refractivity contribution in [1.29, 1.82) is 0 Å². The minimum absolute atomic E-state index is 0.0304. The maximum Gasteiger partial charge on any atom is 0.338 e. The quantitative estimate of drug-likeness (QED) is 0.694. The van der Waals surface area contributed by atoms with Gasteiger partial charge in [-0.15, -0.1) is 11.3 Å². The highest BCUT2D eigenvalue weighted by atomic mass is 32.1. The third kappa shape index (κ3) is 3.71. The maximum atomic E-state index is 12.6. The van der Waals surface area contributed by atoms with Gasteiger partial charge in [-0.25, -0.2) is 9.78 Å². The molecule has 5 nitrogen and oxygen atoms in total. The van der Waals surface area contributed by atoms with Gasteiger partial charge in [-0.2, -0.15) is 0 Å². The van der Waals surface area contributed by atoms with Gasteiger partial charge >= 0.3 is 5.97 Å². The van der Waals surface area contributed by atoms with Crippen LogP contribution in [0, 0.1) is 0 Å². The first-order chi connectivity index (χ1) is 13.1. The van der Waals surface area contributed by atoms with Gasteiger partial charge in [-0.3, -0.25) is 4.79 Å². The topological polar surface area (TPSA) is 68.3 Å². The summed E-state index contributed by atoms with van der Waals surface area (Å²) < 4.78 is 6.30. The predicted molar refractivity (Wildman–Crippen MR) is 105 cm³/mol. The van der Waals surface area contributed by atoms with Crippen LogP contribution < -0.4 is 5.32 Å². The van der Waals surface area contributed by atoms with Crippen LogP contribution in [0.15, 0.2) is 48.0 Å². The van der Waals surface area contributed by atoms with Crippen LogP contribution in [-0.4, -0.2) is 23.0 Å². The maximum absolute atomic E-state index is 12.6. The third-order valence-corrected chi connectivity index (χ3v) is 5.70. The number of carbonyl (C=O) groups excluding carboxylic acids is 2. The molecule has 3 aromatic rings. The van der Waals surface area contributed by atoms with Crippen molar-refractivity contribution in [3.63, 3.8) is 0 Å². The van der Waals surface area contributed by atoms with Crippen LogP contribution in [0.1, 0.15) is 47.3 Å². The van der Waals surface area contributed by atoms with Gasteiger partial charge in [0.25, 0.3) is 5.91 Å². The summed E-state index contributed by atoms with van der Waals surface area (Å²) in [4.78, 5) is 29.2. The van der Waals surface area contributed by atoms with Crippen molar-refractivity contribution in [3.8, 4) is 0 Å². The zero-order valence-electron chi connectivity index (χ0n) is 15.0. The zero-order chi connectivity index (χ0) is 18.8. The number of rotatable bonds is 4. The summed E-state index contributed by atoms with van der Waals surface area (Å²) in [5.41, 5.74) is 5.44. The number of amides is 1. The van der Waals surface area contributed by atoms with Crippen LogP contribution in [0.5, 0.6) is 0 Å². The monoisotopic (exact) mass is 380 g/mol. The summed E-state index contributed by atoms with van der Waals surface area (Å²) in [6.45, 7) is 1.60. The molecule has 1 N–H and O–H groups in total. The van der Waals surface area contributed by atoms with E-state index in [4.69, 9.17) is 4.74 Å². The van der Waals surface area contributed by atoms with E-state index in [2.05, 4.69) is 22.4 Å². The molecule has 0 spiro atoms. The number of esters is 1. The fourth-order valence-electron chi connectivity index (χ4n) is 3.46. The van der Waals surface area contributed by atoms with E-state index in [0.717, 1.165) is 35.0 Å². The molecule has 1 aromatic heterocycles. The largest absolute Gasteiger partial charge is 0.449 e. The minimum atomic E-state index is -0.858. The lowest BCUT2D eigenvalue weighted by Crippen LogP contribution is -2.39. The molecule has 2 aromatic carbocycles. The lowest BCUT2D eigenvalue weighted by atomic mass is 9.87. The van der Waals surface area contributed by atoms with Crippen molar-refractivity contribution in [2.45, 2.75) is 38.3 Å². The summed E-state index contributed by atoms with van der Waals surface area (Å²) in [5, 5.41) is 3.03. The van der Waals surface area contributed by atoms with Gasteiger partial charge in [0.1, 0.15) is 0 Å². The Kier molecular flexibility index (Phi) is 4.90. The Morgan fingerprint density at radius 2 is 2.11 bits per heavy atom. The molecule has 138 valence electrons. The van der Waals surface area contributed by atoms with E-state index in [0.29, 0.717) is 5.56 Å². The molecule has 27 heavy (non-hydrogen) atoms. The highest BCUT2D eigenvalue weighted by Crippen LogP contribution is 2.29. The number of thiazole rings is 1. The van der Waals surface area contributed by atoms with Crippen LogP contribution in [0.4, 0.5) is 0 Å². The molecule has 0 saturated heterocycles. The standard InChI is InChI=1S/C21H20N2O3S/c1-13(26-21(25)15-9-10-18-19(11-15)27-12-22-18)20(24)23-17-8-4-6-14-5-2-3-7-16(14)17/h2-3,5,7,9-13,17H,4,6,8H2,1H3,(H,23,24)/t13-,17-/m0/s1. The van der Waals surface area contributed by atoms with Crippen molar-refractivity contribution in [2.75, 3.05) is 0 Å². The number of hydrogen-bond acceptors (Lipinski definition) is 5. The van der Waals surface area contributed by atoms with E-state index in [-0.39, 0.29) is 11.9 Å². The second-order valence-corrected chi connectivity index (χ2v) is 7.62. The Balaban J connectivity index is 1.41. The van der Waals surface area contributed by atoms with Crippen molar-refractivity contribution in [2.24, 2.45) is 0 Å². The Labute approximate surface area is 161 Å². The highest BCUT2D eigenvalue weighted by molar-refractivity contribution is 7.16. The lowest BCUT2D eigenvalue weighted by Gasteiger charge is -2.27. The van der Waals surface area contributed by atoms with E-state index in [1.165, 1.54) is 16.9 Å². The highest BCUT2D eigenvalue weighted by Gasteiger charge is 2.25. The smallest absolute Gasteiger partial charge is 0.338 e. The molecular formula is C21H20N2O3S. The van der Waals surface area contributed by atoms with Crippen molar-refractivity contribution >= 4 is 33.4 Å². The van der Waals surface area contributed by atoms with Crippen molar-refractivity contribution in [1.82, 2.24) is 10.3 Å². The van der Waals surface area contributed by atoms with E-state index in [1.54, 1.807) is 30.6 Å². The summed E-state index contributed by atoms with van der Waals surface area (Å²) >= 11 is 1.46. The average Bonchev–Trinajstić information content (AvgIpc) is 3.16. The minimum Gasteiger partial charge on any atom is -0.449 e. The third-order valence-electron chi connectivity index (χ3n) is 4.91. The van der Waals surface area contributed by atoms with E-state index >= 15 is 0 Å². The Bertz CT molecular complexity index is 998. The number of aromatic nitrogens is 1. The number of carbonyl (C=O) groups is 2. The first-order valence-electron chi connectivity index (χ1n) is 9.04. The van der Waals surface area contributed by atoms with Crippen molar-refractivity contribution < 1.29 is 14.3 Å². The molecule has 0 radical (unpaired) electrons. The summed E-state index contributed by atoms with van der Waals surface area (Å²) in [6, 6.07) is 13.3. The SMILES string of the molecule is C[C@H](OC(=O)c1ccc2ncsc2c1)C(=O)N[C@H]1CCCc2ccccc21. The molecule has 6 heteroatoms. The molecule has 1 heterocycles. The average molecular weight is 380 g/mol. The van der Waals surface area contributed by atoms with Gasteiger partial charge in [0, 0.05) is 0 Å². The number of fused-ring (bicyclic) bond motifs is 2. The first kappa shape index (κ1) is 17.7. The fourth-order valence-corrected chi connectivity index (χ4v) is 4.17. The van der Waals surface area contributed by atoms with Gasteiger partial charge in [0.2, 0.25) is 0 Å². The number of nitrogens with one attached hydrogen (secondary N) is 1. The van der Waals surface area contributed by atoms with E-state index in [9.17, 15) is 9.59 Å². The second-order valence-electron chi connectivity index (χ2n) is 6.73. The van der Waals surface area contributed by atoms with Crippen LogP contribution in [-0.2, 0) is 16.0 Å². The van der Waals surface area contributed by atoms with Gasteiger partial charge in [0.05, 0.1) is 27.3 Å². The van der Waals surface area contributed by atoms with Gasteiger partial charge in [0.15, 0.2) is 6.10 Å². The van der Waals surface area contributed by atoms with Crippen LogP contribution in [0.25, 0.3) is 10.2 Å². The number of benzene rings is 2. The molecular weight excluding hydrogens is 360 g/mol. The predicted octanol–water partition coefficient (Wildman–Crippen LogP) is 4.04. The van der Waals surface area contributed by atoms with Gasteiger partial charge in [-0.05, 0) is 55.5 Å². The van der Waals surface area contributed by atoms with Crippen molar-refractivity contribution in [3.05, 3.63) is 64.7 Å². The molecule has 0 fully saturated rings. The number of aryl methyl sites for hydroxylation is 1. The summed E-state index contributed by atoms with van der Waals surface area (Å²) in [7, 11) is 0. The molecule has 1 amide bonds. The van der Waals surface area contributed by atoms with Crippen LogP contribution in [0.2, 0.25) is 0 Å². The number of ether oxygens (including phenoxy) is 1. The van der Waals surface area contributed by atoms with Crippen LogP contribution >= 0.6 is 11.3 Å². The van der Waals surface area contributed by atoms with Gasteiger partial charge in [-0.1, -0.05) is 24.3 Å².